The predicted octanol–water partition coefficient (Wildman–Crippen LogP) is 1.95. The van der Waals surface area contributed by atoms with Gasteiger partial charge in [-0.05, 0) is 20.4 Å². The molecule has 0 aliphatic rings. The van der Waals surface area contributed by atoms with E-state index in [0.29, 0.717) is 6.04 Å². The third-order valence-electron chi connectivity index (χ3n) is 1.55. The van der Waals surface area contributed by atoms with E-state index in [0.717, 1.165) is 12.0 Å². The molecule has 74 valence electrons. The van der Waals surface area contributed by atoms with Crippen LogP contribution in [0.5, 0.6) is 0 Å². The molecule has 2 N–H and O–H groups in total. The zero-order valence-electron chi connectivity index (χ0n) is 9.02. The first-order valence-electron chi connectivity index (χ1n) is 4.70. The monoisotopic (exact) mass is 173 g/mol. The molecule has 1 atom stereocenters. The van der Waals surface area contributed by atoms with E-state index in [1.807, 2.05) is 27.8 Å². The molecule has 0 aliphatic heterocycles. The van der Waals surface area contributed by atoms with Crippen LogP contribution in [-0.2, 0) is 0 Å². The maximum atomic E-state index is 8.68. The lowest BCUT2D eigenvalue weighted by Gasteiger charge is -2.08. The molecule has 0 rings (SSSR count). The summed E-state index contributed by atoms with van der Waals surface area (Å²) >= 11 is 0. The quantitative estimate of drug-likeness (QED) is 0.637. The Bertz CT molecular complexity index is 106. The number of hydrogen-bond acceptors (Lipinski definition) is 2. The van der Waals surface area contributed by atoms with Crippen molar-refractivity contribution in [3.8, 4) is 0 Å². The molecule has 0 aliphatic carbocycles. The number of likely N-dealkylation sites (N-methyl/N-ethyl adjacent to an activating group) is 1. The minimum Gasteiger partial charge on any atom is -0.392 e. The average Bonchev–Trinajstić information content (AvgIpc) is 2.16. The lowest BCUT2D eigenvalue weighted by Crippen LogP contribution is -2.22. The molecule has 0 amide bonds. The zero-order chi connectivity index (χ0) is 9.98. The van der Waals surface area contributed by atoms with E-state index in [1.165, 1.54) is 0 Å². The molecule has 0 radical (unpaired) electrons. The van der Waals surface area contributed by atoms with Gasteiger partial charge in [0.05, 0.1) is 6.61 Å². The number of aliphatic hydroxyl groups is 1. The second kappa shape index (κ2) is 10.7. The fraction of sp³-hybridized carbons (Fsp3) is 0.800. The van der Waals surface area contributed by atoms with Crippen molar-refractivity contribution in [2.24, 2.45) is 0 Å². The van der Waals surface area contributed by atoms with Gasteiger partial charge >= 0.3 is 0 Å². The highest BCUT2D eigenvalue weighted by Gasteiger charge is 1.96. The van der Waals surface area contributed by atoms with E-state index in [1.54, 1.807) is 0 Å². The van der Waals surface area contributed by atoms with E-state index in [-0.39, 0.29) is 6.61 Å². The SMILES string of the molecule is CC.CC[C@@H](/C=C(\C)CO)NC. The van der Waals surface area contributed by atoms with E-state index in [2.05, 4.69) is 18.3 Å². The number of rotatable bonds is 4. The Balaban J connectivity index is 0. The van der Waals surface area contributed by atoms with E-state index < -0.39 is 0 Å². The first kappa shape index (κ1) is 14.2. The largest absolute Gasteiger partial charge is 0.392 e. The summed E-state index contributed by atoms with van der Waals surface area (Å²) in [7, 11) is 1.93. The van der Waals surface area contributed by atoms with E-state index >= 15 is 0 Å². The van der Waals surface area contributed by atoms with Gasteiger partial charge in [0.2, 0.25) is 0 Å². The fourth-order valence-corrected chi connectivity index (χ4v) is 0.801. The lowest BCUT2D eigenvalue weighted by molar-refractivity contribution is 0.330. The molecule has 2 heteroatoms. The molecule has 0 aromatic rings. The maximum absolute atomic E-state index is 8.68. The van der Waals surface area contributed by atoms with Crippen LogP contribution in [0.25, 0.3) is 0 Å². The van der Waals surface area contributed by atoms with Crippen molar-refractivity contribution in [3.63, 3.8) is 0 Å². The van der Waals surface area contributed by atoms with Crippen LogP contribution in [0.15, 0.2) is 11.6 Å². The van der Waals surface area contributed by atoms with Crippen molar-refractivity contribution in [2.75, 3.05) is 13.7 Å². The van der Waals surface area contributed by atoms with Gasteiger partial charge in [0.15, 0.2) is 0 Å². The van der Waals surface area contributed by atoms with Gasteiger partial charge in [-0.15, -0.1) is 0 Å². The molecule has 0 aromatic carbocycles. The van der Waals surface area contributed by atoms with Crippen LogP contribution in [0.3, 0.4) is 0 Å². The second-order valence-electron chi connectivity index (χ2n) is 2.47. The van der Waals surface area contributed by atoms with Gasteiger partial charge < -0.3 is 10.4 Å². The van der Waals surface area contributed by atoms with E-state index in [9.17, 15) is 0 Å². The Labute approximate surface area is 76.7 Å². The first-order valence-corrected chi connectivity index (χ1v) is 4.70. The molecular weight excluding hydrogens is 150 g/mol. The topological polar surface area (TPSA) is 32.3 Å². The summed E-state index contributed by atoms with van der Waals surface area (Å²) in [5.74, 6) is 0. The summed E-state index contributed by atoms with van der Waals surface area (Å²) in [6.45, 7) is 8.21. The Morgan fingerprint density at radius 1 is 1.50 bits per heavy atom. The average molecular weight is 173 g/mol. The summed E-state index contributed by atoms with van der Waals surface area (Å²) in [6, 6.07) is 0.409. The smallest absolute Gasteiger partial charge is 0.0639 e. The third kappa shape index (κ3) is 7.76. The Morgan fingerprint density at radius 3 is 2.25 bits per heavy atom. The van der Waals surface area contributed by atoms with Crippen LogP contribution in [0, 0.1) is 0 Å². The van der Waals surface area contributed by atoms with Crippen LogP contribution < -0.4 is 5.32 Å². The molecule has 0 bridgehead atoms. The summed E-state index contributed by atoms with van der Waals surface area (Å²) in [5.41, 5.74) is 1.03. The number of aliphatic hydroxyl groups excluding tert-OH is 1. The molecule has 0 spiro atoms. The van der Waals surface area contributed by atoms with Gasteiger partial charge in [0.25, 0.3) is 0 Å². The van der Waals surface area contributed by atoms with Crippen molar-refractivity contribution >= 4 is 0 Å². The molecule has 12 heavy (non-hydrogen) atoms. The van der Waals surface area contributed by atoms with Crippen molar-refractivity contribution in [1.29, 1.82) is 0 Å². The Morgan fingerprint density at radius 2 is 2.00 bits per heavy atom. The third-order valence-corrected chi connectivity index (χ3v) is 1.55. The van der Waals surface area contributed by atoms with Crippen LogP contribution in [0.4, 0.5) is 0 Å². The molecule has 2 nitrogen and oxygen atoms in total. The van der Waals surface area contributed by atoms with Crippen LogP contribution in [-0.4, -0.2) is 24.8 Å². The molecular formula is C10H23NO. The Hall–Kier alpha value is -0.340. The van der Waals surface area contributed by atoms with Gasteiger partial charge in [-0.25, -0.2) is 0 Å². The maximum Gasteiger partial charge on any atom is 0.0639 e. The van der Waals surface area contributed by atoms with Gasteiger partial charge in [0.1, 0.15) is 0 Å². The summed E-state index contributed by atoms with van der Waals surface area (Å²) in [6.07, 6.45) is 3.12. The standard InChI is InChI=1S/C8H17NO.C2H6/c1-4-8(9-3)5-7(2)6-10;1-2/h5,8-10H,4,6H2,1-3H3;1-2H3/b7-5+;/t8-;/m0./s1. The fourth-order valence-electron chi connectivity index (χ4n) is 0.801. The van der Waals surface area contributed by atoms with Gasteiger partial charge in [-0.3, -0.25) is 0 Å². The van der Waals surface area contributed by atoms with E-state index in [4.69, 9.17) is 5.11 Å². The number of nitrogens with one attached hydrogen (secondary N) is 1. The van der Waals surface area contributed by atoms with Gasteiger partial charge in [-0.1, -0.05) is 32.4 Å². The summed E-state index contributed by atoms with van der Waals surface area (Å²) < 4.78 is 0. The van der Waals surface area contributed by atoms with Crippen molar-refractivity contribution in [1.82, 2.24) is 5.32 Å². The van der Waals surface area contributed by atoms with Crippen molar-refractivity contribution in [3.05, 3.63) is 11.6 Å². The van der Waals surface area contributed by atoms with Crippen LogP contribution in [0.1, 0.15) is 34.1 Å². The highest BCUT2D eigenvalue weighted by molar-refractivity contribution is 5.03. The molecule has 0 saturated heterocycles. The summed E-state index contributed by atoms with van der Waals surface area (Å²) in [5, 5.41) is 11.8. The lowest BCUT2D eigenvalue weighted by atomic mass is 10.1. The minimum absolute atomic E-state index is 0.165. The van der Waals surface area contributed by atoms with Crippen LogP contribution in [0.2, 0.25) is 0 Å². The van der Waals surface area contributed by atoms with Crippen molar-refractivity contribution < 1.29 is 5.11 Å². The molecule has 0 saturated carbocycles. The van der Waals surface area contributed by atoms with Crippen molar-refractivity contribution in [2.45, 2.75) is 40.2 Å². The molecule has 0 unspecified atom stereocenters. The molecule has 0 aromatic heterocycles. The van der Waals surface area contributed by atoms with Gasteiger partial charge in [0, 0.05) is 6.04 Å². The first-order chi connectivity index (χ1) is 5.74. The number of hydrogen-bond donors (Lipinski definition) is 2. The molecule has 0 fully saturated rings. The molecule has 0 heterocycles. The predicted molar refractivity (Wildman–Crippen MR) is 55.3 cm³/mol. The second-order valence-corrected chi connectivity index (χ2v) is 2.47. The van der Waals surface area contributed by atoms with Gasteiger partial charge in [-0.2, -0.15) is 0 Å². The highest BCUT2D eigenvalue weighted by atomic mass is 16.3. The normalized spacial score (nSPS) is 13.3. The summed E-state index contributed by atoms with van der Waals surface area (Å²) in [4.78, 5) is 0. The Kier molecular flexibility index (Phi) is 12.6. The highest BCUT2D eigenvalue weighted by Crippen LogP contribution is 1.97. The zero-order valence-corrected chi connectivity index (χ0v) is 9.02. The minimum atomic E-state index is 0.165. The van der Waals surface area contributed by atoms with Crippen LogP contribution >= 0.6 is 0 Å².